The lowest BCUT2D eigenvalue weighted by Gasteiger charge is -2.10. The Morgan fingerprint density at radius 2 is 1.82 bits per heavy atom. The Hall–Kier alpha value is -3.28. The molecule has 0 heterocycles. The normalized spacial score (nSPS) is 13.0. The van der Waals surface area contributed by atoms with Gasteiger partial charge in [0.25, 0.3) is 5.91 Å². The lowest BCUT2D eigenvalue weighted by molar-refractivity contribution is -0.117. The van der Waals surface area contributed by atoms with E-state index in [4.69, 9.17) is 15.2 Å². The second-order valence-electron chi connectivity index (χ2n) is 6.24. The molecule has 0 bridgehead atoms. The molecule has 1 atom stereocenters. The van der Waals surface area contributed by atoms with Gasteiger partial charge in [-0.05, 0) is 49.8 Å². The van der Waals surface area contributed by atoms with Gasteiger partial charge in [-0.3, -0.25) is 4.79 Å². The van der Waals surface area contributed by atoms with E-state index in [2.05, 4.69) is 5.32 Å². The van der Waals surface area contributed by atoms with Gasteiger partial charge in [0, 0.05) is 18.3 Å². The van der Waals surface area contributed by atoms with Gasteiger partial charge >= 0.3 is 0 Å². The summed E-state index contributed by atoms with van der Waals surface area (Å²) in [6.45, 7) is 3.26. The van der Waals surface area contributed by atoms with Crippen molar-refractivity contribution in [2.75, 3.05) is 7.11 Å². The van der Waals surface area contributed by atoms with Gasteiger partial charge in [-0.1, -0.05) is 24.3 Å². The van der Waals surface area contributed by atoms with Crippen LogP contribution in [-0.2, 0) is 11.3 Å². The molecule has 1 unspecified atom stereocenters. The van der Waals surface area contributed by atoms with Gasteiger partial charge in [0.05, 0.1) is 12.7 Å². The summed E-state index contributed by atoms with van der Waals surface area (Å²) in [6.07, 6.45) is 1.53. The molecule has 2 rings (SSSR count). The highest BCUT2D eigenvalue weighted by Gasteiger charge is 2.09. The Bertz CT molecular complexity index is 872. The maximum absolute atomic E-state index is 13.0. The Balaban J connectivity index is 2.04. The van der Waals surface area contributed by atoms with Crippen LogP contribution in [0.1, 0.15) is 19.4 Å². The molecule has 148 valence electrons. The third-order valence-corrected chi connectivity index (χ3v) is 3.83. The Morgan fingerprint density at radius 3 is 2.46 bits per heavy atom. The molecule has 0 aliphatic rings. The fourth-order valence-electron chi connectivity index (χ4n) is 2.41. The van der Waals surface area contributed by atoms with Crippen LogP contribution in [0.2, 0.25) is 0 Å². The number of amides is 1. The zero-order valence-electron chi connectivity index (χ0n) is 16.2. The van der Waals surface area contributed by atoms with Gasteiger partial charge in [-0.15, -0.1) is 0 Å². The third-order valence-electron chi connectivity index (χ3n) is 3.83. The van der Waals surface area contributed by atoms with E-state index in [1.165, 1.54) is 19.1 Å². The number of carbonyl (C=O) groups excluding carboxylic acids is 1. The number of hydrogen-bond acceptors (Lipinski definition) is 4. The van der Waals surface area contributed by atoms with E-state index in [-0.39, 0.29) is 18.0 Å². The largest absolute Gasteiger partial charge is 0.497 e. The van der Waals surface area contributed by atoms with Crippen molar-refractivity contribution < 1.29 is 18.7 Å². The summed E-state index contributed by atoms with van der Waals surface area (Å²) < 4.78 is 24.0. The average molecular weight is 384 g/mol. The van der Waals surface area contributed by atoms with Gasteiger partial charge in [0.15, 0.2) is 0 Å². The maximum Gasteiger partial charge on any atom is 0.253 e. The van der Waals surface area contributed by atoms with Crippen LogP contribution in [0.4, 0.5) is 4.39 Å². The zero-order chi connectivity index (χ0) is 20.5. The first-order chi connectivity index (χ1) is 13.4. The number of carbonyl (C=O) groups is 1. The predicted octanol–water partition coefficient (Wildman–Crippen LogP) is 4.25. The van der Waals surface area contributed by atoms with Crippen molar-refractivity contribution in [2.24, 2.45) is 5.73 Å². The van der Waals surface area contributed by atoms with Crippen LogP contribution < -0.4 is 20.5 Å². The third kappa shape index (κ3) is 6.46. The lowest BCUT2D eigenvalue weighted by atomic mass is 10.1. The highest BCUT2D eigenvalue weighted by molar-refractivity contribution is 5.96. The maximum atomic E-state index is 13.0. The van der Waals surface area contributed by atoms with Crippen molar-refractivity contribution in [1.82, 2.24) is 5.32 Å². The topological polar surface area (TPSA) is 73.6 Å². The summed E-state index contributed by atoms with van der Waals surface area (Å²) in [7, 11) is 1.59. The second-order valence-corrected chi connectivity index (χ2v) is 6.24. The molecule has 0 aromatic heterocycles. The molecule has 2 aromatic carbocycles. The fourth-order valence-corrected chi connectivity index (χ4v) is 2.41. The molecular formula is C22H25FN2O3. The summed E-state index contributed by atoms with van der Waals surface area (Å²) >= 11 is 0. The number of halogens is 1. The Morgan fingerprint density at radius 1 is 1.18 bits per heavy atom. The van der Waals surface area contributed by atoms with Gasteiger partial charge in [0.2, 0.25) is 0 Å². The SMILES string of the molecule is COc1cccc(Oc2cccc(CNC(=O)C(/C=C\C(C)F)=C(/C)N)c2)c1. The Labute approximate surface area is 164 Å². The fraction of sp³-hybridized carbons (Fsp3) is 0.227. The number of methoxy groups -OCH3 is 1. The van der Waals surface area contributed by atoms with Crippen LogP contribution in [0, 0.1) is 0 Å². The molecule has 0 saturated heterocycles. The van der Waals surface area contributed by atoms with Crippen molar-refractivity contribution in [2.45, 2.75) is 26.6 Å². The molecule has 0 saturated carbocycles. The first kappa shape index (κ1) is 21.0. The number of nitrogens with one attached hydrogen (secondary N) is 1. The van der Waals surface area contributed by atoms with E-state index in [0.717, 1.165) is 5.56 Å². The zero-order valence-corrected chi connectivity index (χ0v) is 16.2. The van der Waals surface area contributed by atoms with E-state index in [9.17, 15) is 9.18 Å². The number of benzene rings is 2. The van der Waals surface area contributed by atoms with Gasteiger partial charge < -0.3 is 20.5 Å². The summed E-state index contributed by atoms with van der Waals surface area (Å²) in [5.41, 5.74) is 7.16. The minimum absolute atomic E-state index is 0.244. The standard InChI is InChI=1S/C22H25FN2O3/c1-15(23)10-11-21(16(2)24)22(26)25-14-17-6-4-8-19(12-17)28-20-9-5-7-18(13-20)27-3/h4-13,15H,14,24H2,1-3H3,(H,25,26)/b11-10-,21-16-. The summed E-state index contributed by atoms with van der Waals surface area (Å²) in [6, 6.07) is 14.7. The number of rotatable bonds is 8. The minimum atomic E-state index is -1.16. The predicted molar refractivity (Wildman–Crippen MR) is 108 cm³/mol. The molecule has 0 radical (unpaired) electrons. The monoisotopic (exact) mass is 384 g/mol. The van der Waals surface area contributed by atoms with Crippen molar-refractivity contribution >= 4 is 5.91 Å². The molecule has 0 spiro atoms. The molecule has 3 N–H and O–H groups in total. The van der Waals surface area contributed by atoms with E-state index in [0.29, 0.717) is 22.9 Å². The quantitative estimate of drug-likeness (QED) is 0.527. The second kappa shape index (κ2) is 10.2. The van der Waals surface area contributed by atoms with Crippen LogP contribution in [-0.4, -0.2) is 19.2 Å². The van der Waals surface area contributed by atoms with Gasteiger partial charge in [-0.25, -0.2) is 4.39 Å². The first-order valence-corrected chi connectivity index (χ1v) is 8.86. The molecule has 5 nitrogen and oxygen atoms in total. The highest BCUT2D eigenvalue weighted by Crippen LogP contribution is 2.25. The van der Waals surface area contributed by atoms with Gasteiger partial charge in [0.1, 0.15) is 23.4 Å². The summed E-state index contributed by atoms with van der Waals surface area (Å²) in [4.78, 5) is 12.3. The van der Waals surface area contributed by atoms with E-state index in [1.54, 1.807) is 20.1 Å². The van der Waals surface area contributed by atoms with E-state index < -0.39 is 6.17 Å². The van der Waals surface area contributed by atoms with Crippen molar-refractivity contribution in [1.29, 1.82) is 0 Å². The molecule has 2 aromatic rings. The van der Waals surface area contributed by atoms with Crippen molar-refractivity contribution in [3.05, 3.63) is 77.5 Å². The van der Waals surface area contributed by atoms with Gasteiger partial charge in [-0.2, -0.15) is 0 Å². The molecule has 0 aliphatic carbocycles. The molecule has 28 heavy (non-hydrogen) atoms. The molecular weight excluding hydrogens is 359 g/mol. The summed E-state index contributed by atoms with van der Waals surface area (Å²) in [5.74, 6) is 1.62. The first-order valence-electron chi connectivity index (χ1n) is 8.86. The summed E-state index contributed by atoms with van der Waals surface area (Å²) in [5, 5.41) is 2.79. The minimum Gasteiger partial charge on any atom is -0.497 e. The van der Waals surface area contributed by atoms with Crippen LogP contribution in [0.5, 0.6) is 17.2 Å². The average Bonchev–Trinajstić information content (AvgIpc) is 2.66. The lowest BCUT2D eigenvalue weighted by Crippen LogP contribution is -2.25. The van der Waals surface area contributed by atoms with Crippen LogP contribution in [0.3, 0.4) is 0 Å². The smallest absolute Gasteiger partial charge is 0.253 e. The van der Waals surface area contributed by atoms with Crippen LogP contribution in [0.25, 0.3) is 0 Å². The number of allylic oxidation sites excluding steroid dienone is 2. The van der Waals surface area contributed by atoms with Crippen LogP contribution >= 0.6 is 0 Å². The van der Waals surface area contributed by atoms with E-state index >= 15 is 0 Å². The number of hydrogen-bond donors (Lipinski definition) is 2. The number of ether oxygens (including phenoxy) is 2. The number of alkyl halides is 1. The molecule has 6 heteroatoms. The van der Waals surface area contributed by atoms with E-state index in [1.807, 2.05) is 42.5 Å². The molecule has 1 amide bonds. The number of nitrogens with two attached hydrogens (primary N) is 1. The molecule has 0 fully saturated rings. The van der Waals surface area contributed by atoms with Crippen molar-refractivity contribution in [3.63, 3.8) is 0 Å². The highest BCUT2D eigenvalue weighted by atomic mass is 19.1. The van der Waals surface area contributed by atoms with Crippen molar-refractivity contribution in [3.8, 4) is 17.2 Å². The molecule has 0 aliphatic heterocycles. The Kier molecular flexibility index (Phi) is 7.63. The van der Waals surface area contributed by atoms with Crippen LogP contribution in [0.15, 0.2) is 72.0 Å².